The highest BCUT2D eigenvalue weighted by Crippen LogP contribution is 2.58. The molecule has 0 unspecified atom stereocenters. The molecule has 1 N–H and O–H groups in total. The third kappa shape index (κ3) is 2.38. The molecule has 0 bridgehead atoms. The number of alkyl halides is 3. The third-order valence-electron chi connectivity index (χ3n) is 4.89. The number of ketones is 1. The lowest BCUT2D eigenvalue weighted by molar-refractivity contribution is -0.160. The molecule has 0 spiro atoms. The maximum Gasteiger partial charge on any atom is 0.407 e. The second-order valence-corrected chi connectivity index (χ2v) is 6.69. The summed E-state index contributed by atoms with van der Waals surface area (Å²) < 4.78 is 39.3. The first kappa shape index (κ1) is 15.8. The summed E-state index contributed by atoms with van der Waals surface area (Å²) in [6.45, 7) is 1.88. The van der Waals surface area contributed by atoms with E-state index in [0.717, 1.165) is 4.90 Å². The predicted molar refractivity (Wildman–Crippen MR) is 75.4 cm³/mol. The van der Waals surface area contributed by atoms with E-state index in [4.69, 9.17) is 5.11 Å². The Balaban J connectivity index is 1.76. The molecular weight excluding hydrogens is 311 g/mol. The van der Waals surface area contributed by atoms with Gasteiger partial charge in [0.05, 0.1) is 10.8 Å². The highest BCUT2D eigenvalue weighted by Gasteiger charge is 2.64. The van der Waals surface area contributed by atoms with Gasteiger partial charge in [0, 0.05) is 18.7 Å². The molecule has 3 rings (SSSR count). The normalized spacial score (nSPS) is 21.5. The zero-order chi connectivity index (χ0) is 17.0. The van der Waals surface area contributed by atoms with E-state index in [-0.39, 0.29) is 37.3 Å². The van der Waals surface area contributed by atoms with Crippen LogP contribution in [0.1, 0.15) is 35.7 Å². The number of benzene rings is 1. The molecule has 0 radical (unpaired) electrons. The fourth-order valence-electron chi connectivity index (χ4n) is 3.22. The van der Waals surface area contributed by atoms with Crippen molar-refractivity contribution < 1.29 is 27.9 Å². The fourth-order valence-corrected chi connectivity index (χ4v) is 3.22. The molecule has 1 saturated heterocycles. The van der Waals surface area contributed by atoms with Crippen molar-refractivity contribution >= 4 is 11.9 Å². The average molecular weight is 327 g/mol. The number of amides is 1. The minimum atomic E-state index is -4.28. The number of hydrogen-bond donors (Lipinski definition) is 1. The molecule has 7 heteroatoms. The Morgan fingerprint density at radius 2 is 1.65 bits per heavy atom. The summed E-state index contributed by atoms with van der Waals surface area (Å²) >= 11 is 0. The van der Waals surface area contributed by atoms with Crippen molar-refractivity contribution in [1.82, 2.24) is 4.90 Å². The Morgan fingerprint density at radius 3 is 2.04 bits per heavy atom. The first-order valence-corrected chi connectivity index (χ1v) is 7.29. The average Bonchev–Trinajstić information content (AvgIpc) is 3.24. The zero-order valence-corrected chi connectivity index (χ0v) is 12.5. The van der Waals surface area contributed by atoms with E-state index in [1.54, 1.807) is 6.92 Å². The minimum absolute atomic E-state index is 0.0785. The van der Waals surface area contributed by atoms with Crippen LogP contribution in [0.2, 0.25) is 0 Å². The van der Waals surface area contributed by atoms with Gasteiger partial charge in [-0.1, -0.05) is 24.3 Å². The summed E-state index contributed by atoms with van der Waals surface area (Å²) in [5, 5.41) is 8.84. The first-order chi connectivity index (χ1) is 10.6. The molecule has 1 aromatic carbocycles. The first-order valence-electron chi connectivity index (χ1n) is 7.29. The van der Waals surface area contributed by atoms with Gasteiger partial charge in [0.25, 0.3) is 0 Å². The Kier molecular flexibility index (Phi) is 3.25. The van der Waals surface area contributed by atoms with Crippen molar-refractivity contribution in [3.05, 3.63) is 35.4 Å². The molecule has 0 atom stereocenters. The molecule has 124 valence electrons. The van der Waals surface area contributed by atoms with E-state index in [0.29, 0.717) is 5.56 Å². The number of likely N-dealkylation sites (tertiary alicyclic amines) is 1. The Morgan fingerprint density at radius 1 is 1.13 bits per heavy atom. The molecule has 1 aliphatic heterocycles. The van der Waals surface area contributed by atoms with Crippen molar-refractivity contribution in [1.29, 1.82) is 0 Å². The number of halogens is 3. The van der Waals surface area contributed by atoms with Crippen LogP contribution in [0.15, 0.2) is 24.3 Å². The van der Waals surface area contributed by atoms with Crippen LogP contribution in [0.4, 0.5) is 18.0 Å². The largest absolute Gasteiger partial charge is 0.465 e. The quantitative estimate of drug-likeness (QED) is 0.865. The third-order valence-corrected chi connectivity index (χ3v) is 4.89. The number of nitrogens with zero attached hydrogens (tertiary/aromatic N) is 1. The molecule has 0 aromatic heterocycles. The Bertz CT molecular complexity index is 656. The van der Waals surface area contributed by atoms with Gasteiger partial charge in [-0.05, 0) is 25.3 Å². The van der Waals surface area contributed by atoms with Gasteiger partial charge >= 0.3 is 12.3 Å². The van der Waals surface area contributed by atoms with Crippen LogP contribution >= 0.6 is 0 Å². The summed E-state index contributed by atoms with van der Waals surface area (Å²) in [4.78, 5) is 24.4. The van der Waals surface area contributed by atoms with E-state index in [9.17, 15) is 22.8 Å². The molecule has 1 heterocycles. The summed E-state index contributed by atoms with van der Waals surface area (Å²) in [5.74, 6) is -0.238. The van der Waals surface area contributed by atoms with Gasteiger partial charge in [-0.2, -0.15) is 13.2 Å². The zero-order valence-electron chi connectivity index (χ0n) is 12.5. The molecule has 23 heavy (non-hydrogen) atoms. The molecule has 1 aromatic rings. The lowest BCUT2D eigenvalue weighted by Gasteiger charge is -2.45. The van der Waals surface area contributed by atoms with Gasteiger partial charge in [0.2, 0.25) is 0 Å². The number of carbonyl (C=O) groups is 2. The van der Waals surface area contributed by atoms with E-state index in [1.165, 1.54) is 24.3 Å². The van der Waals surface area contributed by atoms with Crippen molar-refractivity contribution in [3.8, 4) is 0 Å². The lowest BCUT2D eigenvalue weighted by atomic mass is 9.75. The number of hydrogen-bond acceptors (Lipinski definition) is 2. The van der Waals surface area contributed by atoms with Gasteiger partial charge in [0.1, 0.15) is 0 Å². The number of carboxylic acid groups (broad SMARTS) is 1. The van der Waals surface area contributed by atoms with E-state index in [1.807, 2.05) is 0 Å². The van der Waals surface area contributed by atoms with Crippen molar-refractivity contribution in [2.24, 2.45) is 5.41 Å². The summed E-state index contributed by atoms with van der Waals surface area (Å²) in [5.41, 5.74) is -2.05. The Labute approximate surface area is 130 Å². The maximum atomic E-state index is 13.1. The van der Waals surface area contributed by atoms with Crippen LogP contribution in [0.25, 0.3) is 0 Å². The standard InChI is InChI=1S/C16H16F3NO3/c1-14(8-20(9-14)13(22)23)12(21)10-2-4-11(5-3-10)15(6-7-15)16(17,18)19/h2-5H,6-9H2,1H3,(H,22,23). The van der Waals surface area contributed by atoms with Crippen LogP contribution < -0.4 is 0 Å². The molecule has 1 saturated carbocycles. The summed E-state index contributed by atoms with van der Waals surface area (Å²) in [6, 6.07) is 5.56. The van der Waals surface area contributed by atoms with Crippen LogP contribution in [0.5, 0.6) is 0 Å². The van der Waals surface area contributed by atoms with Crippen molar-refractivity contribution in [2.45, 2.75) is 31.4 Å². The van der Waals surface area contributed by atoms with Gasteiger partial charge < -0.3 is 10.0 Å². The van der Waals surface area contributed by atoms with E-state index < -0.39 is 23.1 Å². The van der Waals surface area contributed by atoms with Gasteiger partial charge in [-0.15, -0.1) is 0 Å². The second-order valence-electron chi connectivity index (χ2n) is 6.69. The highest BCUT2D eigenvalue weighted by atomic mass is 19.4. The maximum absolute atomic E-state index is 13.1. The van der Waals surface area contributed by atoms with Crippen LogP contribution in [0.3, 0.4) is 0 Å². The van der Waals surface area contributed by atoms with Crippen LogP contribution in [-0.4, -0.2) is 41.1 Å². The molecule has 2 fully saturated rings. The molecule has 1 amide bonds. The summed E-state index contributed by atoms with van der Waals surface area (Å²) in [7, 11) is 0. The monoisotopic (exact) mass is 327 g/mol. The predicted octanol–water partition coefficient (Wildman–Crippen LogP) is 3.46. The molecule has 1 aliphatic carbocycles. The topological polar surface area (TPSA) is 57.6 Å². The van der Waals surface area contributed by atoms with Crippen molar-refractivity contribution in [3.63, 3.8) is 0 Å². The summed E-state index contributed by atoms with van der Waals surface area (Å²) in [6.07, 6.45) is -5.20. The van der Waals surface area contributed by atoms with Crippen LogP contribution in [0, 0.1) is 5.41 Å². The molecule has 4 nitrogen and oxygen atoms in total. The van der Waals surface area contributed by atoms with E-state index >= 15 is 0 Å². The second kappa shape index (κ2) is 4.72. The minimum Gasteiger partial charge on any atom is -0.465 e. The smallest absolute Gasteiger partial charge is 0.407 e. The molecule has 2 aliphatic rings. The number of Topliss-reactive ketones (excluding diaryl/α,β-unsaturated/α-hetero) is 1. The van der Waals surface area contributed by atoms with Gasteiger partial charge in [-0.25, -0.2) is 4.79 Å². The van der Waals surface area contributed by atoms with Crippen LogP contribution in [-0.2, 0) is 5.41 Å². The highest BCUT2D eigenvalue weighted by molar-refractivity contribution is 6.02. The lowest BCUT2D eigenvalue weighted by Crippen LogP contribution is -2.60. The van der Waals surface area contributed by atoms with E-state index in [2.05, 4.69) is 0 Å². The molecular formula is C16H16F3NO3. The SMILES string of the molecule is CC1(C(=O)c2ccc(C3(C(F)(F)F)CC3)cc2)CN(C(=O)O)C1. The Hall–Kier alpha value is -2.05. The van der Waals surface area contributed by atoms with Crippen molar-refractivity contribution in [2.75, 3.05) is 13.1 Å². The van der Waals surface area contributed by atoms with Gasteiger partial charge in [0.15, 0.2) is 5.78 Å². The number of rotatable bonds is 3. The van der Waals surface area contributed by atoms with Gasteiger partial charge in [-0.3, -0.25) is 4.79 Å². The number of carbonyl (C=O) groups excluding carboxylic acids is 1. The fraction of sp³-hybridized carbons (Fsp3) is 0.500.